The quantitative estimate of drug-likeness (QED) is 0.471. The fourth-order valence-corrected chi connectivity index (χ4v) is 2.18. The summed E-state index contributed by atoms with van der Waals surface area (Å²) >= 11 is 5.99. The molecular weight excluding hydrogens is 312 g/mol. The summed E-state index contributed by atoms with van der Waals surface area (Å²) in [6.45, 7) is 0.286. The number of benzene rings is 1. The van der Waals surface area contributed by atoms with Crippen LogP contribution in [0.15, 0.2) is 18.2 Å². The van der Waals surface area contributed by atoms with E-state index in [1.54, 1.807) is 17.6 Å². The second-order valence-electron chi connectivity index (χ2n) is 4.51. The number of hydrogen-bond donors (Lipinski definition) is 0. The topological polar surface area (TPSA) is 27.1 Å². The maximum Gasteiger partial charge on any atom is 0.411 e. The van der Waals surface area contributed by atoms with E-state index in [2.05, 4.69) is 9.72 Å². The van der Waals surface area contributed by atoms with Gasteiger partial charge in [-0.2, -0.15) is 13.2 Å². The van der Waals surface area contributed by atoms with Crippen LogP contribution in [0.4, 0.5) is 17.6 Å². The largest absolute Gasteiger partial charge is 0.411 e. The van der Waals surface area contributed by atoms with Crippen molar-refractivity contribution in [3.05, 3.63) is 29.8 Å². The van der Waals surface area contributed by atoms with E-state index in [1.807, 2.05) is 0 Å². The summed E-state index contributed by atoms with van der Waals surface area (Å²) in [5, 5.41) is -0.501. The van der Waals surface area contributed by atoms with Crippen LogP contribution >= 0.6 is 11.6 Å². The minimum atomic E-state index is -4.37. The summed E-state index contributed by atoms with van der Waals surface area (Å²) in [6.07, 6.45) is -4.37. The molecule has 0 spiro atoms. The van der Waals surface area contributed by atoms with Gasteiger partial charge in [-0.3, -0.25) is 0 Å². The molecule has 2 rings (SSSR count). The maximum absolute atomic E-state index is 13.7. The smallest absolute Gasteiger partial charge is 0.370 e. The molecule has 0 aliphatic carbocycles. The van der Waals surface area contributed by atoms with Crippen LogP contribution in [0, 0.1) is 5.82 Å². The fraction of sp³-hybridized carbons (Fsp3) is 0.462. The van der Waals surface area contributed by atoms with Crippen molar-refractivity contribution in [1.29, 1.82) is 0 Å². The molecule has 1 unspecified atom stereocenters. The number of halogens is 5. The number of rotatable bonds is 5. The van der Waals surface area contributed by atoms with E-state index in [0.717, 1.165) is 0 Å². The molecule has 0 aliphatic heterocycles. The Morgan fingerprint density at radius 1 is 1.38 bits per heavy atom. The van der Waals surface area contributed by atoms with Crippen molar-refractivity contribution in [1.82, 2.24) is 9.55 Å². The molecule has 116 valence electrons. The summed E-state index contributed by atoms with van der Waals surface area (Å²) in [5.41, 5.74) is 0.629. The first-order valence-corrected chi connectivity index (χ1v) is 6.66. The summed E-state index contributed by atoms with van der Waals surface area (Å²) in [4.78, 5) is 4.12. The van der Waals surface area contributed by atoms with Crippen molar-refractivity contribution in [2.75, 3.05) is 13.2 Å². The van der Waals surface area contributed by atoms with Crippen molar-refractivity contribution in [2.24, 2.45) is 0 Å². The molecule has 0 saturated heterocycles. The van der Waals surface area contributed by atoms with E-state index in [0.29, 0.717) is 11.3 Å². The van der Waals surface area contributed by atoms with E-state index >= 15 is 0 Å². The lowest BCUT2D eigenvalue weighted by atomic mass is 10.3. The number of nitrogens with zero attached hydrogens (tertiary/aromatic N) is 2. The van der Waals surface area contributed by atoms with Gasteiger partial charge in [-0.05, 0) is 19.1 Å². The van der Waals surface area contributed by atoms with Crippen molar-refractivity contribution in [3.8, 4) is 0 Å². The average molecular weight is 325 g/mol. The number of alkyl halides is 4. The zero-order chi connectivity index (χ0) is 15.6. The molecule has 1 aromatic heterocycles. The van der Waals surface area contributed by atoms with Gasteiger partial charge in [-0.15, -0.1) is 11.6 Å². The number of hydrogen-bond acceptors (Lipinski definition) is 2. The van der Waals surface area contributed by atoms with E-state index in [9.17, 15) is 17.6 Å². The van der Waals surface area contributed by atoms with E-state index in [4.69, 9.17) is 11.6 Å². The van der Waals surface area contributed by atoms with Gasteiger partial charge in [0.05, 0.1) is 17.5 Å². The predicted octanol–water partition coefficient (Wildman–Crippen LogP) is 4.05. The Balaban J connectivity index is 2.21. The first-order chi connectivity index (χ1) is 9.79. The number of ether oxygens (including phenoxy) is 1. The Morgan fingerprint density at radius 2 is 2.10 bits per heavy atom. The molecule has 0 radical (unpaired) electrons. The highest BCUT2D eigenvalue weighted by Gasteiger charge is 2.27. The Labute approximate surface area is 123 Å². The van der Waals surface area contributed by atoms with Gasteiger partial charge in [-0.25, -0.2) is 9.37 Å². The normalized spacial score (nSPS) is 13.8. The molecule has 0 N–H and O–H groups in total. The third kappa shape index (κ3) is 3.85. The van der Waals surface area contributed by atoms with Crippen LogP contribution in [0.25, 0.3) is 11.0 Å². The average Bonchev–Trinajstić information content (AvgIpc) is 2.74. The molecule has 3 nitrogen and oxygen atoms in total. The van der Waals surface area contributed by atoms with E-state index < -0.39 is 24.0 Å². The minimum Gasteiger partial charge on any atom is -0.370 e. The highest BCUT2D eigenvalue weighted by Crippen LogP contribution is 2.26. The Hall–Kier alpha value is -1.34. The standard InChI is InChI=1S/C13H13ClF4N2O/c1-8(14)12-19-11-9(15)3-2-4-10(11)20(12)5-6-21-7-13(16,17)18/h2-4,8H,5-7H2,1H3. The highest BCUT2D eigenvalue weighted by atomic mass is 35.5. The molecule has 21 heavy (non-hydrogen) atoms. The molecule has 1 aromatic carbocycles. The van der Waals surface area contributed by atoms with Crippen molar-refractivity contribution >= 4 is 22.6 Å². The van der Waals surface area contributed by atoms with E-state index in [1.165, 1.54) is 12.1 Å². The lowest BCUT2D eigenvalue weighted by Crippen LogP contribution is -2.19. The molecule has 0 bridgehead atoms. The fourth-order valence-electron chi connectivity index (χ4n) is 2.01. The molecule has 0 amide bonds. The van der Waals surface area contributed by atoms with Crippen LogP contribution in [0.1, 0.15) is 18.1 Å². The lowest BCUT2D eigenvalue weighted by Gasteiger charge is -2.12. The predicted molar refractivity (Wildman–Crippen MR) is 70.8 cm³/mol. The van der Waals surface area contributed by atoms with Crippen molar-refractivity contribution in [3.63, 3.8) is 0 Å². The summed E-state index contributed by atoms with van der Waals surface area (Å²) < 4.78 is 55.9. The molecule has 0 fully saturated rings. The van der Waals surface area contributed by atoms with E-state index in [-0.39, 0.29) is 18.7 Å². The molecule has 2 aromatic rings. The summed E-state index contributed by atoms with van der Waals surface area (Å²) in [6, 6.07) is 4.41. The summed E-state index contributed by atoms with van der Waals surface area (Å²) in [5.74, 6) is -0.103. The third-order valence-corrected chi connectivity index (χ3v) is 3.04. The van der Waals surface area contributed by atoms with Gasteiger partial charge in [0.15, 0.2) is 5.82 Å². The first kappa shape index (κ1) is 16.0. The van der Waals surface area contributed by atoms with Gasteiger partial charge in [0, 0.05) is 6.54 Å². The Morgan fingerprint density at radius 3 is 2.71 bits per heavy atom. The van der Waals surface area contributed by atoms with Crippen molar-refractivity contribution in [2.45, 2.75) is 25.0 Å². The minimum absolute atomic E-state index is 0.114. The molecule has 0 aliphatic rings. The maximum atomic E-state index is 13.7. The van der Waals surface area contributed by atoms with Crippen LogP contribution in [0.5, 0.6) is 0 Å². The monoisotopic (exact) mass is 324 g/mol. The number of imidazole rings is 1. The van der Waals surface area contributed by atoms with Gasteiger partial charge < -0.3 is 9.30 Å². The number of fused-ring (bicyclic) bond motifs is 1. The van der Waals surface area contributed by atoms with Gasteiger partial charge in [-0.1, -0.05) is 6.07 Å². The van der Waals surface area contributed by atoms with Gasteiger partial charge in [0.2, 0.25) is 0 Å². The molecule has 1 atom stereocenters. The third-order valence-electron chi connectivity index (χ3n) is 2.84. The molecule has 1 heterocycles. The number of para-hydroxylation sites is 1. The Bertz CT molecular complexity index is 624. The van der Waals surface area contributed by atoms with Crippen LogP contribution in [-0.4, -0.2) is 28.9 Å². The van der Waals surface area contributed by atoms with Crippen LogP contribution < -0.4 is 0 Å². The van der Waals surface area contributed by atoms with Gasteiger partial charge in [0.25, 0.3) is 0 Å². The Kier molecular flexibility index (Phi) is 4.73. The van der Waals surface area contributed by atoms with Crippen LogP contribution in [-0.2, 0) is 11.3 Å². The van der Waals surface area contributed by atoms with Crippen LogP contribution in [0.3, 0.4) is 0 Å². The molecule has 0 saturated carbocycles. The van der Waals surface area contributed by atoms with Crippen LogP contribution in [0.2, 0.25) is 0 Å². The zero-order valence-corrected chi connectivity index (χ0v) is 11.9. The lowest BCUT2D eigenvalue weighted by molar-refractivity contribution is -0.174. The van der Waals surface area contributed by atoms with Crippen molar-refractivity contribution < 1.29 is 22.3 Å². The first-order valence-electron chi connectivity index (χ1n) is 6.23. The molecular formula is C13H13ClF4N2O. The number of aromatic nitrogens is 2. The van der Waals surface area contributed by atoms with Gasteiger partial charge in [0.1, 0.15) is 17.9 Å². The molecule has 8 heteroatoms. The second kappa shape index (κ2) is 6.19. The SMILES string of the molecule is CC(Cl)c1nc2c(F)cccc2n1CCOCC(F)(F)F. The second-order valence-corrected chi connectivity index (χ2v) is 5.17. The highest BCUT2D eigenvalue weighted by molar-refractivity contribution is 6.20. The summed E-state index contributed by atoms with van der Waals surface area (Å²) in [7, 11) is 0. The van der Waals surface area contributed by atoms with Gasteiger partial charge >= 0.3 is 6.18 Å². The zero-order valence-electron chi connectivity index (χ0n) is 11.1.